The molecule has 1 heterocycles. The topological polar surface area (TPSA) is 97.5 Å². The van der Waals surface area contributed by atoms with E-state index in [0.717, 1.165) is 22.9 Å². The number of carbonyl (C=O) groups excluding carboxylic acids is 1. The van der Waals surface area contributed by atoms with Gasteiger partial charge in [-0.1, -0.05) is 30.3 Å². The van der Waals surface area contributed by atoms with Crippen LogP contribution in [0, 0.1) is 0 Å². The lowest BCUT2D eigenvalue weighted by molar-refractivity contribution is 0.185. The number of urea groups is 1. The van der Waals surface area contributed by atoms with Gasteiger partial charge in [-0.3, -0.25) is 16.0 Å². The Morgan fingerprint density at radius 1 is 1.20 bits per heavy atom. The number of rotatable bonds is 5. The minimum Gasteiger partial charge on any atom is -0.395 e. The van der Waals surface area contributed by atoms with Crippen LogP contribution in [0.1, 0.15) is 13.3 Å². The summed E-state index contributed by atoms with van der Waals surface area (Å²) in [6.07, 6.45) is 0.555. The standard InChI is InChI=1S/C18H25N5O2/c1-12-10-16(19-8-9-24)22-17(20-12)23-18(25)21-15-7-6-13-4-2-3-5-14(13)11-15/h2-7,11-12,16-17,19-20,22,24H,8-10H2,1H3,(H2,21,23,25). The molecule has 3 unspecified atom stereocenters. The van der Waals surface area contributed by atoms with Crippen LogP contribution in [-0.2, 0) is 0 Å². The van der Waals surface area contributed by atoms with Gasteiger partial charge in [0.15, 0.2) is 0 Å². The van der Waals surface area contributed by atoms with Crippen LogP contribution in [0.2, 0.25) is 0 Å². The van der Waals surface area contributed by atoms with Crippen LogP contribution in [0.5, 0.6) is 0 Å². The fourth-order valence-electron chi connectivity index (χ4n) is 3.05. The fraction of sp³-hybridized carbons (Fsp3) is 0.389. The first kappa shape index (κ1) is 17.6. The van der Waals surface area contributed by atoms with Gasteiger partial charge in [0, 0.05) is 18.3 Å². The average molecular weight is 343 g/mol. The summed E-state index contributed by atoms with van der Waals surface area (Å²) in [5.74, 6) is 0. The van der Waals surface area contributed by atoms with E-state index in [9.17, 15) is 4.79 Å². The SMILES string of the molecule is CC1CC(NCCO)NC(NC(=O)Nc2ccc3ccccc3c2)N1. The van der Waals surface area contributed by atoms with E-state index in [2.05, 4.69) is 33.5 Å². The molecule has 25 heavy (non-hydrogen) atoms. The number of aliphatic hydroxyl groups is 1. The maximum atomic E-state index is 12.3. The number of anilines is 1. The summed E-state index contributed by atoms with van der Waals surface area (Å²) in [5.41, 5.74) is 0.745. The highest BCUT2D eigenvalue weighted by Crippen LogP contribution is 2.18. The molecule has 1 fully saturated rings. The van der Waals surface area contributed by atoms with E-state index in [-0.39, 0.29) is 31.1 Å². The van der Waals surface area contributed by atoms with Crippen LogP contribution in [0.25, 0.3) is 10.8 Å². The predicted octanol–water partition coefficient (Wildman–Crippen LogP) is 1.12. The maximum absolute atomic E-state index is 12.3. The van der Waals surface area contributed by atoms with Crippen LogP contribution < -0.4 is 26.6 Å². The molecular formula is C18H25N5O2. The Bertz CT molecular complexity index is 723. The van der Waals surface area contributed by atoms with Crippen LogP contribution in [0.3, 0.4) is 0 Å². The van der Waals surface area contributed by atoms with E-state index in [4.69, 9.17) is 5.11 Å². The van der Waals surface area contributed by atoms with Gasteiger partial charge in [0.25, 0.3) is 0 Å². The van der Waals surface area contributed by atoms with Crippen LogP contribution in [0.4, 0.5) is 10.5 Å². The van der Waals surface area contributed by atoms with Crippen molar-refractivity contribution in [2.75, 3.05) is 18.5 Å². The molecule has 2 aromatic rings. The molecule has 3 atom stereocenters. The van der Waals surface area contributed by atoms with Gasteiger partial charge >= 0.3 is 6.03 Å². The van der Waals surface area contributed by atoms with Gasteiger partial charge < -0.3 is 15.7 Å². The van der Waals surface area contributed by atoms with Gasteiger partial charge in [-0.05, 0) is 36.2 Å². The van der Waals surface area contributed by atoms with Crippen LogP contribution in [0.15, 0.2) is 42.5 Å². The van der Waals surface area contributed by atoms with E-state index in [1.54, 1.807) is 0 Å². The molecule has 3 rings (SSSR count). The molecule has 1 aliphatic heterocycles. The molecule has 7 nitrogen and oxygen atoms in total. The Balaban J connectivity index is 1.57. The lowest BCUT2D eigenvalue weighted by Gasteiger charge is -2.36. The van der Waals surface area contributed by atoms with Crippen LogP contribution >= 0.6 is 0 Å². The number of hydrogen-bond donors (Lipinski definition) is 6. The molecule has 6 N–H and O–H groups in total. The summed E-state index contributed by atoms with van der Waals surface area (Å²) in [6, 6.07) is 13.8. The zero-order valence-electron chi connectivity index (χ0n) is 14.3. The molecule has 0 spiro atoms. The van der Waals surface area contributed by atoms with Crippen molar-refractivity contribution >= 4 is 22.5 Å². The summed E-state index contributed by atoms with van der Waals surface area (Å²) < 4.78 is 0. The molecule has 2 amide bonds. The number of benzene rings is 2. The van der Waals surface area contributed by atoms with E-state index in [0.29, 0.717) is 6.54 Å². The van der Waals surface area contributed by atoms with Crippen molar-refractivity contribution in [3.8, 4) is 0 Å². The highest BCUT2D eigenvalue weighted by Gasteiger charge is 2.25. The Morgan fingerprint density at radius 3 is 2.80 bits per heavy atom. The largest absolute Gasteiger partial charge is 0.395 e. The van der Waals surface area contributed by atoms with Gasteiger partial charge in [-0.25, -0.2) is 4.79 Å². The van der Waals surface area contributed by atoms with Crippen molar-refractivity contribution < 1.29 is 9.90 Å². The van der Waals surface area contributed by atoms with Crippen molar-refractivity contribution in [2.24, 2.45) is 0 Å². The van der Waals surface area contributed by atoms with Gasteiger partial charge in [0.1, 0.15) is 6.29 Å². The number of amides is 2. The molecule has 0 radical (unpaired) electrons. The molecule has 0 saturated carbocycles. The second-order valence-corrected chi connectivity index (χ2v) is 6.29. The van der Waals surface area contributed by atoms with E-state index < -0.39 is 0 Å². The maximum Gasteiger partial charge on any atom is 0.321 e. The summed E-state index contributed by atoms with van der Waals surface area (Å²) in [7, 11) is 0. The number of hydrogen-bond acceptors (Lipinski definition) is 5. The monoisotopic (exact) mass is 343 g/mol. The zero-order valence-corrected chi connectivity index (χ0v) is 14.3. The number of carbonyl (C=O) groups is 1. The van der Waals surface area contributed by atoms with Gasteiger partial charge in [0.05, 0.1) is 12.8 Å². The summed E-state index contributed by atoms with van der Waals surface area (Å²) >= 11 is 0. The molecule has 7 heteroatoms. The first-order chi connectivity index (χ1) is 12.1. The van der Waals surface area contributed by atoms with Crippen molar-refractivity contribution in [3.05, 3.63) is 42.5 Å². The smallest absolute Gasteiger partial charge is 0.321 e. The molecule has 1 aliphatic rings. The predicted molar refractivity (Wildman–Crippen MR) is 99.1 cm³/mol. The van der Waals surface area contributed by atoms with Crippen molar-refractivity contribution in [3.63, 3.8) is 0 Å². The Morgan fingerprint density at radius 2 is 2.00 bits per heavy atom. The lowest BCUT2D eigenvalue weighted by Crippen LogP contribution is -2.67. The molecule has 1 saturated heterocycles. The minimum absolute atomic E-state index is 0.0365. The van der Waals surface area contributed by atoms with Crippen molar-refractivity contribution in [2.45, 2.75) is 31.8 Å². The Kier molecular flexibility index (Phi) is 5.83. The second-order valence-electron chi connectivity index (χ2n) is 6.29. The fourth-order valence-corrected chi connectivity index (χ4v) is 3.05. The van der Waals surface area contributed by atoms with Crippen molar-refractivity contribution in [1.82, 2.24) is 21.3 Å². The Hall–Kier alpha value is -2.19. The third-order valence-corrected chi connectivity index (χ3v) is 4.19. The first-order valence-electron chi connectivity index (χ1n) is 8.57. The third-order valence-electron chi connectivity index (χ3n) is 4.19. The second kappa shape index (κ2) is 8.26. The summed E-state index contributed by atoms with van der Waals surface area (Å²) in [4.78, 5) is 12.3. The van der Waals surface area contributed by atoms with Crippen LogP contribution in [-0.4, -0.2) is 42.8 Å². The molecular weight excluding hydrogens is 318 g/mol. The molecule has 0 aliphatic carbocycles. The van der Waals surface area contributed by atoms with Gasteiger partial charge in [-0.2, -0.15) is 0 Å². The lowest BCUT2D eigenvalue weighted by atomic mass is 10.1. The molecule has 2 aromatic carbocycles. The average Bonchev–Trinajstić information content (AvgIpc) is 2.59. The third kappa shape index (κ3) is 4.90. The molecule has 134 valence electrons. The molecule has 0 bridgehead atoms. The summed E-state index contributed by atoms with van der Waals surface area (Å²) in [6.45, 7) is 2.66. The van der Waals surface area contributed by atoms with E-state index >= 15 is 0 Å². The minimum atomic E-state index is -0.347. The van der Waals surface area contributed by atoms with E-state index in [1.165, 1.54) is 0 Å². The Labute approximate surface area is 147 Å². The van der Waals surface area contributed by atoms with Crippen molar-refractivity contribution in [1.29, 1.82) is 0 Å². The number of aliphatic hydroxyl groups excluding tert-OH is 1. The quantitative estimate of drug-likeness (QED) is 0.489. The highest BCUT2D eigenvalue weighted by atomic mass is 16.3. The summed E-state index contributed by atoms with van der Waals surface area (Å²) in [5, 5.41) is 26.6. The van der Waals surface area contributed by atoms with Gasteiger partial charge in [-0.15, -0.1) is 0 Å². The highest BCUT2D eigenvalue weighted by molar-refractivity contribution is 5.93. The number of nitrogens with one attached hydrogen (secondary N) is 5. The molecule has 0 aromatic heterocycles. The number of fused-ring (bicyclic) bond motifs is 1. The van der Waals surface area contributed by atoms with E-state index in [1.807, 2.05) is 42.5 Å². The first-order valence-corrected chi connectivity index (χ1v) is 8.57. The van der Waals surface area contributed by atoms with Gasteiger partial charge in [0.2, 0.25) is 0 Å². The zero-order chi connectivity index (χ0) is 17.6. The normalized spacial score (nSPS) is 23.4.